The first-order valence-corrected chi connectivity index (χ1v) is 13.2. The summed E-state index contributed by atoms with van der Waals surface area (Å²) in [7, 11) is 3.20. The third-order valence-corrected chi connectivity index (χ3v) is 6.71. The smallest absolute Gasteiger partial charge is 0.243 e. The molecule has 3 rings (SSSR count). The zero-order valence-corrected chi connectivity index (χ0v) is 22.8. The maximum atomic E-state index is 12.1. The highest BCUT2D eigenvalue weighted by Gasteiger charge is 2.22. The second kappa shape index (κ2) is 14.5. The lowest BCUT2D eigenvalue weighted by atomic mass is 10.0. The number of methoxy groups -OCH3 is 2. The van der Waals surface area contributed by atoms with Crippen molar-refractivity contribution in [2.45, 2.75) is 64.5 Å². The SMILES string of the molecule is COc1cc2nc(NCCNC(=O)CCCCC(=O)NO)nc(NC3CCN(C(C)C)CC3)c2cc1OC. The van der Waals surface area contributed by atoms with Crippen molar-refractivity contribution in [3.8, 4) is 11.5 Å². The molecule has 0 bridgehead atoms. The highest BCUT2D eigenvalue weighted by Crippen LogP contribution is 2.35. The van der Waals surface area contributed by atoms with Gasteiger partial charge in [0.05, 0.1) is 19.7 Å². The molecule has 2 heterocycles. The van der Waals surface area contributed by atoms with Gasteiger partial charge in [-0.25, -0.2) is 10.5 Å². The Morgan fingerprint density at radius 2 is 1.68 bits per heavy atom. The topological polar surface area (TPSA) is 150 Å². The number of hydrogen-bond donors (Lipinski definition) is 5. The van der Waals surface area contributed by atoms with Crippen molar-refractivity contribution in [3.05, 3.63) is 12.1 Å². The van der Waals surface area contributed by atoms with Gasteiger partial charge in [0.1, 0.15) is 5.82 Å². The summed E-state index contributed by atoms with van der Waals surface area (Å²) in [6.07, 6.45) is 3.65. The number of aromatic nitrogens is 2. The van der Waals surface area contributed by atoms with E-state index in [1.165, 1.54) is 0 Å². The minimum Gasteiger partial charge on any atom is -0.493 e. The first-order valence-electron chi connectivity index (χ1n) is 13.2. The number of fused-ring (bicyclic) bond motifs is 1. The molecule has 38 heavy (non-hydrogen) atoms. The first kappa shape index (κ1) is 29.2. The van der Waals surface area contributed by atoms with Gasteiger partial charge in [-0.3, -0.25) is 14.8 Å². The van der Waals surface area contributed by atoms with E-state index in [1.54, 1.807) is 19.7 Å². The van der Waals surface area contributed by atoms with Crippen LogP contribution in [0.1, 0.15) is 52.4 Å². The van der Waals surface area contributed by atoms with Crippen LogP contribution in [0.15, 0.2) is 12.1 Å². The van der Waals surface area contributed by atoms with Crippen molar-refractivity contribution < 1.29 is 24.3 Å². The average Bonchev–Trinajstić information content (AvgIpc) is 2.92. The van der Waals surface area contributed by atoms with Gasteiger partial charge < -0.3 is 30.3 Å². The molecule has 2 aromatic rings. The molecule has 0 saturated carbocycles. The molecule has 1 aliphatic rings. The highest BCUT2D eigenvalue weighted by atomic mass is 16.5. The summed E-state index contributed by atoms with van der Waals surface area (Å²) in [6, 6.07) is 4.57. The highest BCUT2D eigenvalue weighted by molar-refractivity contribution is 5.92. The van der Waals surface area contributed by atoms with Gasteiger partial charge in [0.15, 0.2) is 11.5 Å². The van der Waals surface area contributed by atoms with Crippen molar-refractivity contribution in [1.82, 2.24) is 25.7 Å². The number of nitrogens with zero attached hydrogens (tertiary/aromatic N) is 3. The van der Waals surface area contributed by atoms with E-state index in [-0.39, 0.29) is 12.3 Å². The van der Waals surface area contributed by atoms with Crippen LogP contribution < -0.4 is 30.9 Å². The number of nitrogens with one attached hydrogen (secondary N) is 4. The lowest BCUT2D eigenvalue weighted by molar-refractivity contribution is -0.129. The van der Waals surface area contributed by atoms with Gasteiger partial charge in [-0.2, -0.15) is 4.98 Å². The molecular formula is C26H41N7O5. The molecule has 0 spiro atoms. The minimum atomic E-state index is -0.448. The van der Waals surface area contributed by atoms with E-state index in [2.05, 4.69) is 39.7 Å². The number of piperidine rings is 1. The number of rotatable bonds is 14. The molecule has 2 amide bonds. The number of benzene rings is 1. The molecule has 1 aliphatic heterocycles. The number of hydrogen-bond acceptors (Lipinski definition) is 10. The van der Waals surface area contributed by atoms with Gasteiger partial charge in [0, 0.05) is 62.6 Å². The fraction of sp³-hybridized carbons (Fsp3) is 0.615. The number of amides is 2. The fourth-order valence-electron chi connectivity index (χ4n) is 4.49. The molecule has 1 aromatic heterocycles. The molecule has 0 atom stereocenters. The second-order valence-corrected chi connectivity index (χ2v) is 9.69. The van der Waals surface area contributed by atoms with Crippen LogP contribution in [0.4, 0.5) is 11.8 Å². The molecule has 1 aromatic carbocycles. The minimum absolute atomic E-state index is 0.0948. The van der Waals surface area contributed by atoms with Crippen molar-refractivity contribution in [1.29, 1.82) is 0 Å². The third kappa shape index (κ3) is 8.32. The summed E-state index contributed by atoms with van der Waals surface area (Å²) in [5.74, 6) is 1.85. The van der Waals surface area contributed by atoms with Crippen molar-refractivity contribution >= 4 is 34.5 Å². The van der Waals surface area contributed by atoms with E-state index in [0.717, 1.165) is 42.7 Å². The summed E-state index contributed by atoms with van der Waals surface area (Å²) in [5, 5.41) is 19.1. The van der Waals surface area contributed by atoms with E-state index in [0.29, 0.717) is 61.9 Å². The van der Waals surface area contributed by atoms with Crippen LogP contribution in [0.5, 0.6) is 11.5 Å². The Balaban J connectivity index is 1.63. The number of anilines is 2. The Hall–Kier alpha value is -3.38. The number of carbonyl (C=O) groups excluding carboxylic acids is 2. The van der Waals surface area contributed by atoms with E-state index < -0.39 is 5.91 Å². The normalized spacial score (nSPS) is 14.4. The Morgan fingerprint density at radius 1 is 1.03 bits per heavy atom. The number of hydroxylamine groups is 1. The van der Waals surface area contributed by atoms with Gasteiger partial charge in [-0.1, -0.05) is 0 Å². The number of likely N-dealkylation sites (tertiary alicyclic amines) is 1. The summed E-state index contributed by atoms with van der Waals surface area (Å²) in [5.41, 5.74) is 2.31. The molecular weight excluding hydrogens is 490 g/mol. The quantitative estimate of drug-likeness (QED) is 0.140. The van der Waals surface area contributed by atoms with Gasteiger partial charge in [-0.05, 0) is 45.6 Å². The number of carbonyl (C=O) groups is 2. The molecule has 210 valence electrons. The first-order chi connectivity index (χ1) is 18.3. The average molecular weight is 532 g/mol. The zero-order chi connectivity index (χ0) is 27.5. The maximum absolute atomic E-state index is 12.1. The zero-order valence-electron chi connectivity index (χ0n) is 22.8. The van der Waals surface area contributed by atoms with Gasteiger partial charge in [0.25, 0.3) is 0 Å². The van der Waals surface area contributed by atoms with Crippen LogP contribution in [0.25, 0.3) is 10.9 Å². The van der Waals surface area contributed by atoms with E-state index in [1.807, 2.05) is 12.1 Å². The van der Waals surface area contributed by atoms with Crippen LogP contribution in [0, 0.1) is 0 Å². The van der Waals surface area contributed by atoms with Crippen molar-refractivity contribution in [2.24, 2.45) is 0 Å². The molecule has 5 N–H and O–H groups in total. The summed E-state index contributed by atoms with van der Waals surface area (Å²) >= 11 is 0. The Bertz CT molecular complexity index is 1070. The molecule has 1 saturated heterocycles. The Kier molecular flexibility index (Phi) is 11.2. The van der Waals surface area contributed by atoms with Gasteiger partial charge in [0.2, 0.25) is 17.8 Å². The molecule has 0 unspecified atom stereocenters. The standard InChI is InChI=1S/C26H41N7O5/c1-17(2)33-13-9-18(10-14-33)29-25-19-15-21(37-3)22(38-4)16-20(19)30-26(31-25)28-12-11-27-23(34)7-5-6-8-24(35)32-36/h15-18,36H,5-14H2,1-4H3,(H,27,34)(H,32,35)(H2,28,29,30,31). The van der Waals surface area contributed by atoms with Crippen LogP contribution in [-0.2, 0) is 9.59 Å². The predicted molar refractivity (Wildman–Crippen MR) is 146 cm³/mol. The van der Waals surface area contributed by atoms with Gasteiger partial charge in [-0.15, -0.1) is 0 Å². The molecule has 12 heteroatoms. The fourth-order valence-corrected chi connectivity index (χ4v) is 4.49. The molecule has 0 radical (unpaired) electrons. The predicted octanol–water partition coefficient (Wildman–Crippen LogP) is 2.53. The summed E-state index contributed by atoms with van der Waals surface area (Å²) < 4.78 is 11.0. The van der Waals surface area contributed by atoms with E-state index >= 15 is 0 Å². The summed E-state index contributed by atoms with van der Waals surface area (Å²) in [4.78, 5) is 35.0. The molecule has 1 fully saturated rings. The monoisotopic (exact) mass is 531 g/mol. The van der Waals surface area contributed by atoms with E-state index in [4.69, 9.17) is 19.7 Å². The Morgan fingerprint density at radius 3 is 2.32 bits per heavy atom. The van der Waals surface area contributed by atoms with Crippen molar-refractivity contribution in [2.75, 3.05) is 51.0 Å². The maximum Gasteiger partial charge on any atom is 0.243 e. The summed E-state index contributed by atoms with van der Waals surface area (Å²) in [6.45, 7) is 7.38. The van der Waals surface area contributed by atoms with E-state index in [9.17, 15) is 9.59 Å². The van der Waals surface area contributed by atoms with Crippen LogP contribution >= 0.6 is 0 Å². The number of unbranched alkanes of at least 4 members (excludes halogenated alkanes) is 1. The molecule has 0 aliphatic carbocycles. The van der Waals surface area contributed by atoms with Crippen LogP contribution in [0.3, 0.4) is 0 Å². The number of ether oxygens (including phenoxy) is 2. The lowest BCUT2D eigenvalue weighted by Gasteiger charge is -2.35. The van der Waals surface area contributed by atoms with Crippen molar-refractivity contribution in [3.63, 3.8) is 0 Å². The second-order valence-electron chi connectivity index (χ2n) is 9.69. The van der Waals surface area contributed by atoms with Crippen LogP contribution in [0.2, 0.25) is 0 Å². The largest absolute Gasteiger partial charge is 0.493 e. The third-order valence-electron chi connectivity index (χ3n) is 6.71. The molecule has 12 nitrogen and oxygen atoms in total. The van der Waals surface area contributed by atoms with Crippen LogP contribution in [-0.4, -0.2) is 84.4 Å². The Labute approximate surface area is 223 Å². The lowest BCUT2D eigenvalue weighted by Crippen LogP contribution is -2.42. The van der Waals surface area contributed by atoms with Gasteiger partial charge >= 0.3 is 0 Å².